The zero-order chi connectivity index (χ0) is 18.4. The Morgan fingerprint density at radius 1 is 1.00 bits per heavy atom. The second kappa shape index (κ2) is 8.15. The molecule has 0 fully saturated rings. The Bertz CT molecular complexity index is 885. The van der Waals surface area contributed by atoms with Crippen LogP contribution in [0.25, 0.3) is 0 Å². The summed E-state index contributed by atoms with van der Waals surface area (Å²) >= 11 is 0. The van der Waals surface area contributed by atoms with Crippen LogP contribution in [0.4, 0.5) is 17.5 Å². The lowest BCUT2D eigenvalue weighted by molar-refractivity contribution is 0.355. The van der Waals surface area contributed by atoms with E-state index in [1.54, 1.807) is 20.4 Å². The fraction of sp³-hybridized carbons (Fsp3) is 0.211. The van der Waals surface area contributed by atoms with E-state index in [0.29, 0.717) is 29.8 Å². The molecular weight excluding hydrogens is 330 g/mol. The molecule has 0 unspecified atom stereocenters. The molecule has 0 aliphatic carbocycles. The minimum absolute atomic E-state index is 0.456. The molecular formula is C19H21N5O2. The number of anilines is 3. The van der Waals surface area contributed by atoms with Gasteiger partial charge in [-0.15, -0.1) is 5.10 Å². The van der Waals surface area contributed by atoms with Gasteiger partial charge in [0.2, 0.25) is 5.95 Å². The van der Waals surface area contributed by atoms with Crippen molar-refractivity contribution in [3.63, 3.8) is 0 Å². The first-order valence-corrected chi connectivity index (χ1v) is 8.16. The lowest BCUT2D eigenvalue weighted by atomic mass is 10.1. The number of aromatic nitrogens is 3. The van der Waals surface area contributed by atoms with E-state index < -0.39 is 0 Å². The molecule has 0 amide bonds. The minimum Gasteiger partial charge on any atom is -0.493 e. The summed E-state index contributed by atoms with van der Waals surface area (Å²) in [4.78, 5) is 4.44. The van der Waals surface area contributed by atoms with Crippen LogP contribution in [0.2, 0.25) is 0 Å². The smallest absolute Gasteiger partial charge is 0.244 e. The van der Waals surface area contributed by atoms with Crippen molar-refractivity contribution in [1.82, 2.24) is 15.2 Å². The Hall–Kier alpha value is -3.35. The van der Waals surface area contributed by atoms with Crippen LogP contribution in [0, 0.1) is 6.92 Å². The van der Waals surface area contributed by atoms with Gasteiger partial charge in [-0.25, -0.2) is 0 Å². The van der Waals surface area contributed by atoms with Crippen LogP contribution >= 0.6 is 0 Å². The highest BCUT2D eigenvalue weighted by Crippen LogP contribution is 2.30. The number of ether oxygens (including phenoxy) is 2. The van der Waals surface area contributed by atoms with Crippen LogP contribution in [-0.2, 0) is 6.54 Å². The normalized spacial score (nSPS) is 10.3. The van der Waals surface area contributed by atoms with Crippen molar-refractivity contribution >= 4 is 17.5 Å². The van der Waals surface area contributed by atoms with Gasteiger partial charge in [-0.1, -0.05) is 29.8 Å². The van der Waals surface area contributed by atoms with Gasteiger partial charge >= 0.3 is 0 Å². The van der Waals surface area contributed by atoms with Crippen LogP contribution in [0.1, 0.15) is 11.1 Å². The van der Waals surface area contributed by atoms with Crippen LogP contribution in [0.3, 0.4) is 0 Å². The molecule has 0 radical (unpaired) electrons. The Morgan fingerprint density at radius 3 is 2.62 bits per heavy atom. The summed E-state index contributed by atoms with van der Waals surface area (Å²) in [6, 6.07) is 13.8. The Balaban J connectivity index is 1.69. The minimum atomic E-state index is 0.456. The lowest BCUT2D eigenvalue weighted by Gasteiger charge is -2.11. The average Bonchev–Trinajstić information content (AvgIpc) is 2.66. The summed E-state index contributed by atoms with van der Waals surface area (Å²) in [6.45, 7) is 2.69. The molecule has 7 heteroatoms. The second-order valence-electron chi connectivity index (χ2n) is 5.70. The highest BCUT2D eigenvalue weighted by Gasteiger charge is 2.06. The molecule has 1 heterocycles. The summed E-state index contributed by atoms with van der Waals surface area (Å²) in [7, 11) is 3.20. The summed E-state index contributed by atoms with van der Waals surface area (Å²) in [5.74, 6) is 2.34. The molecule has 3 aromatic rings. The predicted octanol–water partition coefficient (Wildman–Crippen LogP) is 3.55. The maximum Gasteiger partial charge on any atom is 0.244 e. The standard InChI is InChI=1S/C19H21N5O2/c1-13-5-4-6-14(9-13)11-20-19-23-18(12-21-24-19)22-15-7-8-16(25-2)17(10-15)26-3/h4-10,12H,11H2,1-3H3,(H2,20,22,23,24). The molecule has 2 aromatic carbocycles. The van der Waals surface area contributed by atoms with Crippen LogP contribution in [0.15, 0.2) is 48.7 Å². The van der Waals surface area contributed by atoms with Gasteiger partial charge < -0.3 is 20.1 Å². The summed E-state index contributed by atoms with van der Waals surface area (Å²) in [5.41, 5.74) is 3.19. The van der Waals surface area contributed by atoms with E-state index in [4.69, 9.17) is 9.47 Å². The number of nitrogens with zero attached hydrogens (tertiary/aromatic N) is 3. The number of methoxy groups -OCH3 is 2. The van der Waals surface area contributed by atoms with Gasteiger partial charge in [-0.3, -0.25) is 0 Å². The monoisotopic (exact) mass is 351 g/mol. The van der Waals surface area contributed by atoms with Crippen molar-refractivity contribution in [3.05, 3.63) is 59.8 Å². The van der Waals surface area contributed by atoms with Crippen molar-refractivity contribution in [2.24, 2.45) is 0 Å². The summed E-state index contributed by atoms with van der Waals surface area (Å²) < 4.78 is 10.6. The molecule has 0 saturated carbocycles. The Labute approximate surface area is 152 Å². The molecule has 0 bridgehead atoms. The highest BCUT2D eigenvalue weighted by molar-refractivity contribution is 5.61. The average molecular weight is 351 g/mol. The van der Waals surface area contributed by atoms with Crippen molar-refractivity contribution < 1.29 is 9.47 Å². The van der Waals surface area contributed by atoms with Crippen molar-refractivity contribution in [3.8, 4) is 11.5 Å². The maximum absolute atomic E-state index is 5.31. The van der Waals surface area contributed by atoms with Crippen LogP contribution < -0.4 is 20.1 Å². The van der Waals surface area contributed by atoms with E-state index in [1.807, 2.05) is 24.3 Å². The molecule has 7 nitrogen and oxygen atoms in total. The molecule has 3 rings (SSSR count). The Kier molecular flexibility index (Phi) is 5.48. The first-order valence-electron chi connectivity index (χ1n) is 8.16. The molecule has 2 N–H and O–H groups in total. The zero-order valence-corrected chi connectivity index (χ0v) is 15.0. The van der Waals surface area contributed by atoms with Crippen molar-refractivity contribution in [2.75, 3.05) is 24.9 Å². The highest BCUT2D eigenvalue weighted by atomic mass is 16.5. The quantitative estimate of drug-likeness (QED) is 0.673. The van der Waals surface area contributed by atoms with E-state index in [2.05, 4.69) is 50.9 Å². The maximum atomic E-state index is 5.31. The first kappa shape index (κ1) is 17.5. The topological polar surface area (TPSA) is 81.2 Å². The van der Waals surface area contributed by atoms with Gasteiger partial charge in [0.25, 0.3) is 0 Å². The molecule has 0 spiro atoms. The number of rotatable bonds is 7. The molecule has 0 aliphatic heterocycles. The largest absolute Gasteiger partial charge is 0.493 e. The molecule has 0 aliphatic rings. The number of hydrogen-bond acceptors (Lipinski definition) is 7. The second-order valence-corrected chi connectivity index (χ2v) is 5.70. The van der Waals surface area contributed by atoms with E-state index >= 15 is 0 Å². The fourth-order valence-corrected chi connectivity index (χ4v) is 2.50. The van der Waals surface area contributed by atoms with E-state index in [1.165, 1.54) is 5.56 Å². The lowest BCUT2D eigenvalue weighted by Crippen LogP contribution is -2.06. The van der Waals surface area contributed by atoms with Crippen molar-refractivity contribution in [2.45, 2.75) is 13.5 Å². The molecule has 134 valence electrons. The third-order valence-electron chi connectivity index (χ3n) is 3.75. The number of aryl methyl sites for hydroxylation is 1. The first-order chi connectivity index (χ1) is 12.7. The molecule has 26 heavy (non-hydrogen) atoms. The van der Waals surface area contributed by atoms with Crippen LogP contribution in [0.5, 0.6) is 11.5 Å². The SMILES string of the molecule is COc1ccc(Nc2cnnc(NCc3cccc(C)c3)n2)cc1OC. The third kappa shape index (κ3) is 4.38. The van der Waals surface area contributed by atoms with Gasteiger partial charge in [0, 0.05) is 18.3 Å². The van der Waals surface area contributed by atoms with Gasteiger partial charge in [-0.05, 0) is 24.6 Å². The molecule has 0 saturated heterocycles. The van der Waals surface area contributed by atoms with E-state index in [9.17, 15) is 0 Å². The predicted molar refractivity (Wildman–Crippen MR) is 101 cm³/mol. The number of benzene rings is 2. The number of hydrogen-bond donors (Lipinski definition) is 2. The summed E-state index contributed by atoms with van der Waals surface area (Å²) in [6.07, 6.45) is 1.56. The molecule has 1 aromatic heterocycles. The van der Waals surface area contributed by atoms with Gasteiger partial charge in [0.05, 0.1) is 20.4 Å². The van der Waals surface area contributed by atoms with Gasteiger partial charge in [-0.2, -0.15) is 10.1 Å². The molecule has 0 atom stereocenters. The number of nitrogens with one attached hydrogen (secondary N) is 2. The van der Waals surface area contributed by atoms with E-state index in [-0.39, 0.29) is 0 Å². The van der Waals surface area contributed by atoms with Crippen molar-refractivity contribution in [1.29, 1.82) is 0 Å². The van der Waals surface area contributed by atoms with Gasteiger partial charge in [0.15, 0.2) is 17.3 Å². The zero-order valence-electron chi connectivity index (χ0n) is 15.0. The van der Waals surface area contributed by atoms with E-state index in [0.717, 1.165) is 11.3 Å². The van der Waals surface area contributed by atoms with Crippen LogP contribution in [-0.4, -0.2) is 29.4 Å². The fourth-order valence-electron chi connectivity index (χ4n) is 2.50. The Morgan fingerprint density at radius 2 is 1.85 bits per heavy atom. The van der Waals surface area contributed by atoms with Gasteiger partial charge in [0.1, 0.15) is 0 Å². The summed E-state index contributed by atoms with van der Waals surface area (Å²) in [5, 5.41) is 14.4. The third-order valence-corrected chi connectivity index (χ3v) is 3.75.